The fraction of sp³-hybridized carbons (Fsp3) is 0.211. The van der Waals surface area contributed by atoms with E-state index in [0.29, 0.717) is 6.54 Å². The number of urea groups is 1. The van der Waals surface area contributed by atoms with Crippen molar-refractivity contribution >= 4 is 17.8 Å². The number of hydrogen-bond donors (Lipinski definition) is 2. The highest BCUT2D eigenvalue weighted by molar-refractivity contribution is 7.99. The van der Waals surface area contributed by atoms with Crippen molar-refractivity contribution in [3.63, 3.8) is 0 Å². The minimum atomic E-state index is -0.161. The maximum absolute atomic E-state index is 12.0. The Hall–Kier alpha value is -2.80. The Morgan fingerprint density at radius 1 is 1.15 bits per heavy atom. The zero-order valence-electron chi connectivity index (χ0n) is 14.5. The molecule has 0 radical (unpaired) electrons. The topological polar surface area (TPSA) is 71.8 Å². The molecule has 0 aliphatic rings. The first-order valence-electron chi connectivity index (χ1n) is 8.39. The first kappa shape index (κ1) is 18.0. The van der Waals surface area contributed by atoms with Gasteiger partial charge in [-0.05, 0) is 36.8 Å². The van der Waals surface area contributed by atoms with E-state index >= 15 is 0 Å². The first-order valence-corrected chi connectivity index (χ1v) is 9.38. The summed E-state index contributed by atoms with van der Waals surface area (Å²) >= 11 is 1.72. The molecule has 1 unspecified atom stereocenters. The Morgan fingerprint density at radius 2 is 1.92 bits per heavy atom. The molecule has 0 aliphatic heterocycles. The summed E-state index contributed by atoms with van der Waals surface area (Å²) in [5.41, 5.74) is 1.96. The molecule has 0 bridgehead atoms. The first-order chi connectivity index (χ1) is 12.7. The van der Waals surface area contributed by atoms with Crippen molar-refractivity contribution in [3.05, 3.63) is 72.8 Å². The fourth-order valence-corrected chi connectivity index (χ4v) is 3.23. The maximum atomic E-state index is 12.0. The van der Waals surface area contributed by atoms with Gasteiger partial charge < -0.3 is 10.6 Å². The van der Waals surface area contributed by atoms with Gasteiger partial charge in [0.1, 0.15) is 12.7 Å². The smallest absolute Gasteiger partial charge is 0.315 e. The van der Waals surface area contributed by atoms with E-state index in [1.165, 1.54) is 11.2 Å². The number of carbonyl (C=O) groups excluding carboxylic acids is 1. The molecule has 3 rings (SSSR count). The molecule has 2 N–H and O–H groups in total. The molecule has 0 aliphatic carbocycles. The highest BCUT2D eigenvalue weighted by Gasteiger charge is 2.09. The third kappa shape index (κ3) is 5.10. The minimum Gasteiger partial charge on any atom is -0.337 e. The highest BCUT2D eigenvalue weighted by Crippen LogP contribution is 2.16. The van der Waals surface area contributed by atoms with Gasteiger partial charge in [-0.2, -0.15) is 5.10 Å². The average Bonchev–Trinajstić information content (AvgIpc) is 3.21. The number of nitrogens with one attached hydrogen (secondary N) is 2. The summed E-state index contributed by atoms with van der Waals surface area (Å²) in [6.07, 6.45) is 3.15. The zero-order valence-corrected chi connectivity index (χ0v) is 15.3. The molecule has 0 spiro atoms. The summed E-state index contributed by atoms with van der Waals surface area (Å²) in [4.78, 5) is 17.2. The van der Waals surface area contributed by atoms with Crippen molar-refractivity contribution in [2.24, 2.45) is 0 Å². The normalized spacial score (nSPS) is 11.7. The lowest BCUT2D eigenvalue weighted by atomic mass is 10.1. The largest absolute Gasteiger partial charge is 0.337 e. The van der Waals surface area contributed by atoms with Crippen LogP contribution in [0.15, 0.2) is 72.1 Å². The molecule has 1 heterocycles. The molecular formula is C19H21N5OS. The Balaban J connectivity index is 1.42. The lowest BCUT2D eigenvalue weighted by Crippen LogP contribution is -2.38. The maximum Gasteiger partial charge on any atom is 0.315 e. The SMILES string of the molecule is CC(NC(=O)NCCSc1ccccc1)c1ccc(-n2cncn2)cc1. The van der Waals surface area contributed by atoms with Crippen molar-refractivity contribution in [3.8, 4) is 5.69 Å². The molecule has 1 atom stereocenters. The number of thioether (sulfide) groups is 1. The molecular weight excluding hydrogens is 346 g/mol. The quantitative estimate of drug-likeness (QED) is 0.496. The van der Waals surface area contributed by atoms with Gasteiger partial charge in [0.2, 0.25) is 0 Å². The van der Waals surface area contributed by atoms with E-state index in [4.69, 9.17) is 0 Å². The molecule has 134 valence electrons. The summed E-state index contributed by atoms with van der Waals surface area (Å²) in [7, 11) is 0. The summed E-state index contributed by atoms with van der Waals surface area (Å²) in [6, 6.07) is 17.8. The minimum absolute atomic E-state index is 0.0819. The van der Waals surface area contributed by atoms with Crippen molar-refractivity contribution in [1.29, 1.82) is 0 Å². The zero-order chi connectivity index (χ0) is 18.2. The molecule has 26 heavy (non-hydrogen) atoms. The van der Waals surface area contributed by atoms with Crippen LogP contribution in [0.3, 0.4) is 0 Å². The van der Waals surface area contributed by atoms with Crippen LogP contribution in [0.5, 0.6) is 0 Å². The van der Waals surface area contributed by atoms with Gasteiger partial charge in [0.15, 0.2) is 0 Å². The third-order valence-corrected chi connectivity index (χ3v) is 4.84. The van der Waals surface area contributed by atoms with Crippen LogP contribution in [0.25, 0.3) is 5.69 Å². The summed E-state index contributed by atoms with van der Waals surface area (Å²) in [6.45, 7) is 2.58. The average molecular weight is 367 g/mol. The number of hydrogen-bond acceptors (Lipinski definition) is 4. The molecule has 0 saturated heterocycles. The lowest BCUT2D eigenvalue weighted by molar-refractivity contribution is 0.238. The van der Waals surface area contributed by atoms with Crippen molar-refractivity contribution in [1.82, 2.24) is 25.4 Å². The van der Waals surface area contributed by atoms with Crippen LogP contribution in [-0.4, -0.2) is 33.1 Å². The van der Waals surface area contributed by atoms with E-state index in [1.807, 2.05) is 49.4 Å². The Morgan fingerprint density at radius 3 is 2.62 bits per heavy atom. The highest BCUT2D eigenvalue weighted by atomic mass is 32.2. The second-order valence-corrected chi connectivity index (χ2v) is 6.88. The lowest BCUT2D eigenvalue weighted by Gasteiger charge is -2.15. The van der Waals surface area contributed by atoms with Gasteiger partial charge in [-0.15, -0.1) is 11.8 Å². The van der Waals surface area contributed by atoms with Gasteiger partial charge in [0.05, 0.1) is 11.7 Å². The summed E-state index contributed by atoms with van der Waals surface area (Å²) in [5, 5.41) is 9.95. The molecule has 3 aromatic rings. The molecule has 0 fully saturated rings. The van der Waals surface area contributed by atoms with Gasteiger partial charge >= 0.3 is 6.03 Å². The van der Waals surface area contributed by atoms with Crippen LogP contribution in [0.4, 0.5) is 4.79 Å². The Bertz CT molecular complexity index is 806. The molecule has 2 amide bonds. The summed E-state index contributed by atoms with van der Waals surface area (Å²) in [5.74, 6) is 0.832. The van der Waals surface area contributed by atoms with E-state index in [-0.39, 0.29) is 12.1 Å². The van der Waals surface area contributed by atoms with E-state index in [0.717, 1.165) is 17.0 Å². The van der Waals surface area contributed by atoms with Crippen molar-refractivity contribution in [2.45, 2.75) is 17.9 Å². The van der Waals surface area contributed by atoms with Gasteiger partial charge in [0.25, 0.3) is 0 Å². The summed E-state index contributed by atoms with van der Waals surface area (Å²) < 4.78 is 1.69. The number of rotatable bonds is 7. The number of carbonyl (C=O) groups is 1. The second-order valence-electron chi connectivity index (χ2n) is 5.72. The van der Waals surface area contributed by atoms with E-state index in [1.54, 1.807) is 22.8 Å². The van der Waals surface area contributed by atoms with Crippen molar-refractivity contribution < 1.29 is 4.79 Å². The Kier molecular flexibility index (Phi) is 6.27. The molecule has 2 aromatic carbocycles. The Labute approximate surface area is 157 Å². The fourth-order valence-electron chi connectivity index (χ4n) is 2.44. The van der Waals surface area contributed by atoms with Crippen LogP contribution in [0.1, 0.15) is 18.5 Å². The monoisotopic (exact) mass is 367 g/mol. The van der Waals surface area contributed by atoms with Crippen LogP contribution >= 0.6 is 11.8 Å². The number of benzene rings is 2. The standard InChI is InChI=1S/C19H21N5OS/c1-15(16-7-9-17(10-8-16)24-14-20-13-22-24)23-19(25)21-11-12-26-18-5-3-2-4-6-18/h2-10,13-15H,11-12H2,1H3,(H2,21,23,25). The predicted octanol–water partition coefficient (Wildman–Crippen LogP) is 3.42. The van der Waals surface area contributed by atoms with Gasteiger partial charge in [0, 0.05) is 17.2 Å². The third-order valence-electron chi connectivity index (χ3n) is 3.82. The van der Waals surface area contributed by atoms with E-state index in [9.17, 15) is 4.79 Å². The number of nitrogens with zero attached hydrogens (tertiary/aromatic N) is 3. The van der Waals surface area contributed by atoms with Gasteiger partial charge in [-0.25, -0.2) is 14.5 Å². The predicted molar refractivity (Wildman–Crippen MR) is 103 cm³/mol. The van der Waals surface area contributed by atoms with Crippen LogP contribution in [0.2, 0.25) is 0 Å². The number of aromatic nitrogens is 3. The molecule has 1 aromatic heterocycles. The van der Waals surface area contributed by atoms with Gasteiger partial charge in [-0.1, -0.05) is 30.3 Å². The van der Waals surface area contributed by atoms with Crippen LogP contribution in [0, 0.1) is 0 Å². The van der Waals surface area contributed by atoms with Crippen LogP contribution in [-0.2, 0) is 0 Å². The van der Waals surface area contributed by atoms with Crippen LogP contribution < -0.4 is 10.6 Å². The van der Waals surface area contributed by atoms with Gasteiger partial charge in [-0.3, -0.25) is 0 Å². The molecule has 0 saturated carbocycles. The van der Waals surface area contributed by atoms with E-state index < -0.39 is 0 Å². The van der Waals surface area contributed by atoms with E-state index in [2.05, 4.69) is 32.8 Å². The van der Waals surface area contributed by atoms with Crippen molar-refractivity contribution in [2.75, 3.05) is 12.3 Å². The molecule has 6 nitrogen and oxygen atoms in total. The second kappa shape index (κ2) is 9.05. The number of amides is 2. The molecule has 7 heteroatoms.